The van der Waals surface area contributed by atoms with Crippen LogP contribution in [0.3, 0.4) is 0 Å². The lowest BCUT2D eigenvalue weighted by Crippen LogP contribution is -2.49. The largest absolute Gasteiger partial charge is 0.469 e. The molecule has 3 atom stereocenters. The van der Waals surface area contributed by atoms with E-state index in [0.717, 1.165) is 0 Å². The van der Waals surface area contributed by atoms with E-state index in [0.29, 0.717) is 0 Å². The number of amides is 1. The van der Waals surface area contributed by atoms with Crippen LogP contribution in [-0.4, -0.2) is 43.9 Å². The summed E-state index contributed by atoms with van der Waals surface area (Å²) in [6.45, 7) is -0.626. The number of hydrogen-bond acceptors (Lipinski definition) is 5. The van der Waals surface area contributed by atoms with Gasteiger partial charge in [-0.3, -0.25) is 9.32 Å². The average Bonchev–Trinajstić information content (AvgIpc) is 2.67. The summed E-state index contributed by atoms with van der Waals surface area (Å²) in [5.41, 5.74) is 5.34. The number of halogens is 2. The molecular formula is C11H14Cl2N2O7P+. The minimum Gasteiger partial charge on any atom is -0.387 e. The van der Waals surface area contributed by atoms with Crippen molar-refractivity contribution in [1.82, 2.24) is 0 Å². The maximum Gasteiger partial charge on any atom is 0.469 e. The normalized spacial score (nSPS) is 27.1. The molecule has 0 spiro atoms. The van der Waals surface area contributed by atoms with Gasteiger partial charge in [-0.2, -0.15) is 4.57 Å². The van der Waals surface area contributed by atoms with Crippen LogP contribution in [0.5, 0.6) is 0 Å². The Morgan fingerprint density at radius 1 is 1.52 bits per heavy atom. The van der Waals surface area contributed by atoms with Crippen molar-refractivity contribution in [2.75, 3.05) is 6.61 Å². The highest BCUT2D eigenvalue weighted by Gasteiger charge is 2.60. The van der Waals surface area contributed by atoms with Crippen LogP contribution in [0.2, 0.25) is 0 Å². The molecule has 1 aromatic heterocycles. The molecule has 0 aromatic carbocycles. The molecule has 1 aromatic rings. The first-order valence-corrected chi connectivity index (χ1v) is 8.53. The van der Waals surface area contributed by atoms with E-state index in [-0.39, 0.29) is 5.56 Å². The van der Waals surface area contributed by atoms with Gasteiger partial charge >= 0.3 is 7.82 Å². The molecule has 1 fully saturated rings. The van der Waals surface area contributed by atoms with Crippen LogP contribution in [0, 0.1) is 0 Å². The smallest absolute Gasteiger partial charge is 0.387 e. The van der Waals surface area contributed by atoms with Gasteiger partial charge in [-0.1, -0.05) is 23.2 Å². The second kappa shape index (κ2) is 6.62. The average molecular weight is 388 g/mol. The zero-order valence-electron chi connectivity index (χ0n) is 11.5. The quantitative estimate of drug-likeness (QED) is 0.306. The zero-order valence-corrected chi connectivity index (χ0v) is 13.9. The van der Waals surface area contributed by atoms with Crippen molar-refractivity contribution in [2.45, 2.75) is 22.8 Å². The fraction of sp³-hybridized carbons (Fsp3) is 0.455. The van der Waals surface area contributed by atoms with E-state index >= 15 is 0 Å². The SMILES string of the molecule is NC(=O)c1ccc[n+]([C@@H]2O[C@H](COP(=O)(O)O)C(O)C2(Cl)Cl)c1. The van der Waals surface area contributed by atoms with Crippen molar-refractivity contribution in [1.29, 1.82) is 0 Å². The number of ether oxygens (including phenoxy) is 1. The molecule has 1 saturated heterocycles. The highest BCUT2D eigenvalue weighted by atomic mass is 35.5. The summed E-state index contributed by atoms with van der Waals surface area (Å²) in [5.74, 6) is -0.686. The minimum absolute atomic E-state index is 0.157. The monoisotopic (exact) mass is 387 g/mol. The van der Waals surface area contributed by atoms with Gasteiger partial charge in [0.05, 0.1) is 6.61 Å². The van der Waals surface area contributed by atoms with Crippen LogP contribution < -0.4 is 10.3 Å². The molecule has 1 amide bonds. The molecule has 23 heavy (non-hydrogen) atoms. The predicted octanol–water partition coefficient (Wildman–Crippen LogP) is -0.385. The molecule has 2 rings (SSSR count). The fourth-order valence-corrected chi connectivity index (χ4v) is 3.03. The third-order valence-corrected chi connectivity index (χ3v) is 4.47. The summed E-state index contributed by atoms with van der Waals surface area (Å²) < 4.78 is 20.0. The van der Waals surface area contributed by atoms with Crippen molar-refractivity contribution < 1.29 is 38.1 Å². The first kappa shape index (κ1) is 18.6. The Hall–Kier alpha value is -0.770. The van der Waals surface area contributed by atoms with E-state index in [2.05, 4.69) is 4.52 Å². The van der Waals surface area contributed by atoms with Gasteiger partial charge < -0.3 is 25.4 Å². The first-order chi connectivity index (χ1) is 10.5. The third-order valence-electron chi connectivity index (χ3n) is 3.16. The Bertz CT molecular complexity index is 653. The number of hydrogen-bond donors (Lipinski definition) is 4. The maximum atomic E-state index is 11.2. The number of pyridine rings is 1. The van der Waals surface area contributed by atoms with Crippen LogP contribution in [0.1, 0.15) is 16.6 Å². The Morgan fingerprint density at radius 2 is 2.17 bits per heavy atom. The van der Waals surface area contributed by atoms with E-state index in [1.807, 2.05) is 0 Å². The van der Waals surface area contributed by atoms with Gasteiger partial charge in [-0.15, -0.1) is 0 Å². The highest BCUT2D eigenvalue weighted by molar-refractivity contribution is 7.46. The van der Waals surface area contributed by atoms with Crippen LogP contribution in [0.15, 0.2) is 24.5 Å². The molecule has 0 saturated carbocycles. The number of aromatic nitrogens is 1. The van der Waals surface area contributed by atoms with Crippen LogP contribution >= 0.6 is 31.0 Å². The molecule has 0 bridgehead atoms. The summed E-state index contributed by atoms with van der Waals surface area (Å²) in [6, 6.07) is 2.96. The molecule has 2 heterocycles. The number of alkyl halides is 2. The number of rotatable bonds is 5. The lowest BCUT2D eigenvalue weighted by Gasteiger charge is -2.19. The fourth-order valence-electron chi connectivity index (χ4n) is 2.08. The second-order valence-corrected chi connectivity index (χ2v) is 7.52. The zero-order chi connectivity index (χ0) is 17.4. The van der Waals surface area contributed by atoms with Gasteiger partial charge in [0.2, 0.25) is 4.33 Å². The Morgan fingerprint density at radius 3 is 2.74 bits per heavy atom. The van der Waals surface area contributed by atoms with Gasteiger partial charge in [-0.25, -0.2) is 4.57 Å². The van der Waals surface area contributed by atoms with Crippen molar-refractivity contribution >= 4 is 36.9 Å². The molecule has 128 valence electrons. The lowest BCUT2D eigenvalue weighted by atomic mass is 10.1. The highest BCUT2D eigenvalue weighted by Crippen LogP contribution is 2.45. The molecule has 9 nitrogen and oxygen atoms in total. The molecule has 1 unspecified atom stereocenters. The molecular weight excluding hydrogens is 374 g/mol. The molecule has 0 aliphatic carbocycles. The molecule has 12 heteroatoms. The van der Waals surface area contributed by atoms with Crippen molar-refractivity contribution in [3.05, 3.63) is 30.1 Å². The third kappa shape index (κ3) is 4.20. The Balaban J connectivity index is 2.24. The van der Waals surface area contributed by atoms with E-state index in [1.54, 1.807) is 0 Å². The molecule has 0 radical (unpaired) electrons. The van der Waals surface area contributed by atoms with E-state index < -0.39 is 43.1 Å². The molecule has 5 N–H and O–H groups in total. The van der Waals surface area contributed by atoms with E-state index in [9.17, 15) is 14.5 Å². The van der Waals surface area contributed by atoms with Gasteiger partial charge in [0.25, 0.3) is 12.1 Å². The number of carbonyl (C=O) groups is 1. The van der Waals surface area contributed by atoms with E-state index in [4.69, 9.17) is 43.5 Å². The number of aliphatic hydroxyl groups excluding tert-OH is 1. The Kier molecular flexibility index (Phi) is 5.34. The minimum atomic E-state index is -4.74. The second-order valence-electron chi connectivity index (χ2n) is 4.84. The Labute approximate surface area is 140 Å². The molecule has 1 aliphatic rings. The number of phosphoric ester groups is 1. The lowest BCUT2D eigenvalue weighted by molar-refractivity contribution is -0.760. The van der Waals surface area contributed by atoms with Crippen molar-refractivity contribution in [3.63, 3.8) is 0 Å². The van der Waals surface area contributed by atoms with Crippen LogP contribution in [0.25, 0.3) is 0 Å². The summed E-state index contributed by atoms with van der Waals surface area (Å²) in [6.07, 6.45) is -1.01. The molecule has 1 aliphatic heterocycles. The van der Waals surface area contributed by atoms with Gasteiger partial charge in [-0.05, 0) is 6.07 Å². The van der Waals surface area contributed by atoms with Crippen LogP contribution in [0.4, 0.5) is 0 Å². The van der Waals surface area contributed by atoms with Gasteiger partial charge in [0.15, 0.2) is 12.4 Å². The summed E-state index contributed by atoms with van der Waals surface area (Å²) in [4.78, 5) is 28.6. The number of carbonyl (C=O) groups excluding carboxylic acids is 1. The van der Waals surface area contributed by atoms with Crippen LogP contribution in [-0.2, 0) is 13.8 Å². The number of aliphatic hydroxyl groups is 1. The topological polar surface area (TPSA) is 143 Å². The first-order valence-electron chi connectivity index (χ1n) is 6.24. The standard InChI is InChI=1S/C11H13Cl2N2O7P/c12-11(13)8(16)7(5-21-23(18,19)20)22-10(11)15-3-1-2-6(4-15)9(14)17/h1-4,7-8,10,16H,5H2,(H3-,14,17,18,19,20)/p+1/t7-,8?,10-/m1/s1. The number of primary amides is 1. The number of nitrogens with two attached hydrogens (primary N) is 1. The summed E-state index contributed by atoms with van der Waals surface area (Å²) in [5, 5.41) is 10.1. The predicted molar refractivity (Wildman–Crippen MR) is 77.5 cm³/mol. The number of nitrogens with zero attached hydrogens (tertiary/aromatic N) is 1. The summed E-state index contributed by atoms with van der Waals surface area (Å²) in [7, 11) is -4.74. The van der Waals surface area contributed by atoms with Crippen molar-refractivity contribution in [2.24, 2.45) is 5.73 Å². The van der Waals surface area contributed by atoms with Crippen molar-refractivity contribution in [3.8, 4) is 0 Å². The summed E-state index contributed by atoms with van der Waals surface area (Å²) >= 11 is 12.2. The maximum absolute atomic E-state index is 11.2. The van der Waals surface area contributed by atoms with Gasteiger partial charge in [0.1, 0.15) is 17.8 Å². The number of phosphoric acid groups is 1. The van der Waals surface area contributed by atoms with E-state index in [1.165, 1.54) is 29.1 Å². The van der Waals surface area contributed by atoms with Gasteiger partial charge in [0, 0.05) is 6.07 Å².